The zero-order valence-electron chi connectivity index (χ0n) is 11.5. The van der Waals surface area contributed by atoms with Crippen LogP contribution in [-0.4, -0.2) is 4.98 Å². The van der Waals surface area contributed by atoms with Crippen LogP contribution >= 0.6 is 15.9 Å². The van der Waals surface area contributed by atoms with Crippen molar-refractivity contribution in [3.05, 3.63) is 70.7 Å². The van der Waals surface area contributed by atoms with E-state index in [1.807, 2.05) is 31.3 Å². The Morgan fingerprint density at radius 2 is 2.05 bits per heavy atom. The minimum atomic E-state index is -0.243. The van der Waals surface area contributed by atoms with Gasteiger partial charge in [-0.15, -0.1) is 0 Å². The first-order valence-electron chi connectivity index (χ1n) is 6.69. The van der Waals surface area contributed by atoms with E-state index in [9.17, 15) is 4.39 Å². The van der Waals surface area contributed by atoms with E-state index in [1.54, 1.807) is 12.3 Å². The topological polar surface area (TPSA) is 24.9 Å². The Kier molecular flexibility index (Phi) is 3.88. The Balaban J connectivity index is 1.94. The standard InChI is InChI=1S/C17H14BrFN2/c1-11(14-6-5-13(19)9-16(14)18)21-17-4-2-3-12-7-8-20-10-15(12)17/h2-11,21H,1H3. The van der Waals surface area contributed by atoms with Crippen molar-refractivity contribution in [3.8, 4) is 0 Å². The minimum Gasteiger partial charge on any atom is -0.378 e. The van der Waals surface area contributed by atoms with Gasteiger partial charge in [0.1, 0.15) is 5.82 Å². The van der Waals surface area contributed by atoms with Gasteiger partial charge in [0.2, 0.25) is 0 Å². The fourth-order valence-electron chi connectivity index (χ4n) is 2.40. The van der Waals surface area contributed by atoms with Crippen molar-refractivity contribution < 1.29 is 4.39 Å². The average molecular weight is 345 g/mol. The predicted molar refractivity (Wildman–Crippen MR) is 87.9 cm³/mol. The van der Waals surface area contributed by atoms with Gasteiger partial charge in [-0.1, -0.05) is 34.1 Å². The SMILES string of the molecule is CC(Nc1cccc2ccncc12)c1ccc(F)cc1Br. The maximum Gasteiger partial charge on any atom is 0.124 e. The number of hydrogen-bond acceptors (Lipinski definition) is 2. The summed E-state index contributed by atoms with van der Waals surface area (Å²) in [5.74, 6) is -0.243. The quantitative estimate of drug-likeness (QED) is 0.696. The van der Waals surface area contributed by atoms with Gasteiger partial charge in [0.15, 0.2) is 0 Å². The maximum absolute atomic E-state index is 13.2. The number of hydrogen-bond donors (Lipinski definition) is 1. The molecular weight excluding hydrogens is 331 g/mol. The lowest BCUT2D eigenvalue weighted by Gasteiger charge is -2.18. The van der Waals surface area contributed by atoms with Gasteiger partial charge in [-0.2, -0.15) is 0 Å². The maximum atomic E-state index is 13.2. The molecule has 0 bridgehead atoms. The highest BCUT2D eigenvalue weighted by molar-refractivity contribution is 9.10. The van der Waals surface area contributed by atoms with Crippen LogP contribution in [0.4, 0.5) is 10.1 Å². The molecule has 0 radical (unpaired) electrons. The second-order valence-corrected chi connectivity index (χ2v) is 5.79. The predicted octanol–water partition coefficient (Wildman–Crippen LogP) is 5.31. The van der Waals surface area contributed by atoms with Crippen LogP contribution in [0.3, 0.4) is 0 Å². The van der Waals surface area contributed by atoms with Crippen molar-refractivity contribution in [2.45, 2.75) is 13.0 Å². The molecule has 106 valence electrons. The third-order valence-corrected chi connectivity index (χ3v) is 4.17. The highest BCUT2D eigenvalue weighted by Gasteiger charge is 2.11. The lowest BCUT2D eigenvalue weighted by Crippen LogP contribution is -2.08. The molecule has 0 aliphatic rings. The normalized spacial score (nSPS) is 12.3. The number of anilines is 1. The number of halogens is 2. The van der Waals surface area contributed by atoms with E-state index < -0.39 is 0 Å². The molecule has 1 heterocycles. The largest absolute Gasteiger partial charge is 0.378 e. The van der Waals surface area contributed by atoms with Crippen LogP contribution in [0.5, 0.6) is 0 Å². The molecule has 0 saturated carbocycles. The summed E-state index contributed by atoms with van der Waals surface area (Å²) in [6, 6.07) is 12.9. The smallest absolute Gasteiger partial charge is 0.124 e. The lowest BCUT2D eigenvalue weighted by atomic mass is 10.1. The van der Waals surface area contributed by atoms with Crippen molar-refractivity contribution in [1.29, 1.82) is 0 Å². The van der Waals surface area contributed by atoms with Gasteiger partial charge in [-0.25, -0.2) is 4.39 Å². The molecule has 0 aliphatic carbocycles. The van der Waals surface area contributed by atoms with Gasteiger partial charge in [0.05, 0.1) is 0 Å². The van der Waals surface area contributed by atoms with Crippen molar-refractivity contribution in [3.63, 3.8) is 0 Å². The van der Waals surface area contributed by atoms with Crippen LogP contribution in [-0.2, 0) is 0 Å². The van der Waals surface area contributed by atoms with Gasteiger partial charge in [0.25, 0.3) is 0 Å². The number of nitrogens with one attached hydrogen (secondary N) is 1. The summed E-state index contributed by atoms with van der Waals surface area (Å²) in [6.45, 7) is 2.05. The molecule has 2 aromatic carbocycles. The van der Waals surface area contributed by atoms with Crippen LogP contribution in [0.2, 0.25) is 0 Å². The minimum absolute atomic E-state index is 0.0470. The van der Waals surface area contributed by atoms with Crippen LogP contribution in [0.15, 0.2) is 59.3 Å². The second kappa shape index (κ2) is 5.82. The van der Waals surface area contributed by atoms with Crippen molar-refractivity contribution in [2.75, 3.05) is 5.32 Å². The molecule has 2 nitrogen and oxygen atoms in total. The molecule has 3 rings (SSSR count). The van der Waals surface area contributed by atoms with Gasteiger partial charge in [0, 0.05) is 34.0 Å². The Labute approximate surface area is 131 Å². The zero-order chi connectivity index (χ0) is 14.8. The Morgan fingerprint density at radius 3 is 2.86 bits per heavy atom. The van der Waals surface area contributed by atoms with Gasteiger partial charge >= 0.3 is 0 Å². The van der Waals surface area contributed by atoms with E-state index in [4.69, 9.17) is 0 Å². The molecule has 21 heavy (non-hydrogen) atoms. The number of pyridine rings is 1. The van der Waals surface area contributed by atoms with E-state index >= 15 is 0 Å². The molecule has 0 amide bonds. The fraction of sp³-hybridized carbons (Fsp3) is 0.118. The summed E-state index contributed by atoms with van der Waals surface area (Å²) in [4.78, 5) is 4.18. The lowest BCUT2D eigenvalue weighted by molar-refractivity contribution is 0.625. The number of nitrogens with zero attached hydrogens (tertiary/aromatic N) is 1. The Hall–Kier alpha value is -1.94. The number of aromatic nitrogens is 1. The molecule has 1 atom stereocenters. The molecule has 0 fully saturated rings. The van der Waals surface area contributed by atoms with Crippen LogP contribution in [0.1, 0.15) is 18.5 Å². The molecule has 1 N–H and O–H groups in total. The second-order valence-electron chi connectivity index (χ2n) is 4.93. The van der Waals surface area contributed by atoms with Crippen LogP contribution in [0, 0.1) is 5.82 Å². The first-order chi connectivity index (χ1) is 10.1. The number of fused-ring (bicyclic) bond motifs is 1. The third-order valence-electron chi connectivity index (χ3n) is 3.48. The van der Waals surface area contributed by atoms with E-state index in [1.165, 1.54) is 12.1 Å². The Bertz CT molecular complexity index is 783. The fourth-order valence-corrected chi connectivity index (χ4v) is 3.10. The summed E-state index contributed by atoms with van der Waals surface area (Å²) in [5.41, 5.74) is 2.03. The molecule has 0 saturated heterocycles. The van der Waals surface area contributed by atoms with Crippen molar-refractivity contribution in [1.82, 2.24) is 4.98 Å². The van der Waals surface area contributed by atoms with Crippen molar-refractivity contribution >= 4 is 32.4 Å². The summed E-state index contributed by atoms with van der Waals surface area (Å²) < 4.78 is 14.0. The average Bonchev–Trinajstić information content (AvgIpc) is 2.47. The summed E-state index contributed by atoms with van der Waals surface area (Å²) >= 11 is 3.42. The summed E-state index contributed by atoms with van der Waals surface area (Å²) in [6.07, 6.45) is 3.64. The zero-order valence-corrected chi connectivity index (χ0v) is 13.1. The van der Waals surface area contributed by atoms with Gasteiger partial charge in [-0.05, 0) is 42.1 Å². The monoisotopic (exact) mass is 344 g/mol. The molecule has 0 aliphatic heterocycles. The van der Waals surface area contributed by atoms with E-state index in [-0.39, 0.29) is 11.9 Å². The van der Waals surface area contributed by atoms with Crippen molar-refractivity contribution in [2.24, 2.45) is 0 Å². The molecular formula is C17H14BrFN2. The highest BCUT2D eigenvalue weighted by atomic mass is 79.9. The van der Waals surface area contributed by atoms with Crippen LogP contribution in [0.25, 0.3) is 10.8 Å². The summed E-state index contributed by atoms with van der Waals surface area (Å²) in [5, 5.41) is 5.68. The molecule has 0 spiro atoms. The van der Waals surface area contributed by atoms with E-state index in [0.29, 0.717) is 0 Å². The van der Waals surface area contributed by atoms with E-state index in [0.717, 1.165) is 26.5 Å². The number of benzene rings is 2. The number of rotatable bonds is 3. The molecule has 4 heteroatoms. The van der Waals surface area contributed by atoms with Crippen LogP contribution < -0.4 is 5.32 Å². The van der Waals surface area contributed by atoms with Gasteiger partial charge < -0.3 is 5.32 Å². The first kappa shape index (κ1) is 14.0. The molecule has 1 aromatic heterocycles. The highest BCUT2D eigenvalue weighted by Crippen LogP contribution is 2.30. The third kappa shape index (κ3) is 2.90. The van der Waals surface area contributed by atoms with Gasteiger partial charge in [-0.3, -0.25) is 4.98 Å². The molecule has 3 aromatic rings. The first-order valence-corrected chi connectivity index (χ1v) is 7.48. The molecule has 1 unspecified atom stereocenters. The summed E-state index contributed by atoms with van der Waals surface area (Å²) in [7, 11) is 0. The van der Waals surface area contributed by atoms with E-state index in [2.05, 4.69) is 32.3 Å². The Morgan fingerprint density at radius 1 is 1.19 bits per heavy atom.